The molecule has 2 amide bonds. The van der Waals surface area contributed by atoms with Gasteiger partial charge in [-0.15, -0.1) is 11.3 Å². The third kappa shape index (κ3) is 6.44. The van der Waals surface area contributed by atoms with E-state index in [1.807, 2.05) is 0 Å². The van der Waals surface area contributed by atoms with Crippen LogP contribution in [0.3, 0.4) is 0 Å². The van der Waals surface area contributed by atoms with Gasteiger partial charge < -0.3 is 11.1 Å². The molecular formula is C36H24F8N8O2S. The average Bonchev–Trinajstić information content (AvgIpc) is 3.72. The molecule has 0 aliphatic heterocycles. The largest absolute Gasteiger partial charge is 0.435 e. The van der Waals surface area contributed by atoms with Crippen LogP contribution in [0.5, 0.6) is 0 Å². The predicted octanol–water partition coefficient (Wildman–Crippen LogP) is 7.25. The smallest absolute Gasteiger partial charge is 0.366 e. The van der Waals surface area contributed by atoms with Gasteiger partial charge in [0, 0.05) is 41.1 Å². The van der Waals surface area contributed by atoms with E-state index in [4.69, 9.17) is 10.7 Å². The van der Waals surface area contributed by atoms with Gasteiger partial charge in [-0.3, -0.25) is 14.3 Å². The van der Waals surface area contributed by atoms with Crippen molar-refractivity contribution in [1.82, 2.24) is 35.0 Å². The number of aromatic nitrogens is 6. The van der Waals surface area contributed by atoms with Crippen LogP contribution < -0.4 is 11.1 Å². The lowest BCUT2D eigenvalue weighted by Crippen LogP contribution is -2.36. The van der Waals surface area contributed by atoms with Gasteiger partial charge in [-0.1, -0.05) is 6.07 Å². The zero-order valence-corrected chi connectivity index (χ0v) is 28.7. The minimum Gasteiger partial charge on any atom is -0.366 e. The van der Waals surface area contributed by atoms with Crippen LogP contribution in [-0.2, 0) is 29.9 Å². The van der Waals surface area contributed by atoms with Crippen molar-refractivity contribution in [1.29, 1.82) is 0 Å². The molecule has 0 bridgehead atoms. The highest BCUT2D eigenvalue weighted by atomic mass is 32.1. The summed E-state index contributed by atoms with van der Waals surface area (Å²) in [6, 6.07) is 6.16. The lowest BCUT2D eigenvalue weighted by atomic mass is 9.73. The molecule has 10 nitrogen and oxygen atoms in total. The van der Waals surface area contributed by atoms with E-state index < -0.39 is 94.7 Å². The normalized spacial score (nSPS) is 17.7. The summed E-state index contributed by atoms with van der Waals surface area (Å²) in [6.45, 7) is -1.09. The molecule has 0 unspecified atom stereocenters. The average molecular weight is 785 g/mol. The molecular weight excluding hydrogens is 761 g/mol. The number of nitrogens with one attached hydrogen (secondary N) is 1. The van der Waals surface area contributed by atoms with Crippen LogP contribution in [0.4, 0.5) is 35.1 Å². The Bertz CT molecular complexity index is 2500. The molecule has 2 aliphatic rings. The molecule has 282 valence electrons. The molecule has 1 fully saturated rings. The fourth-order valence-electron chi connectivity index (χ4n) is 7.30. The maximum absolute atomic E-state index is 15.6. The van der Waals surface area contributed by atoms with Crippen molar-refractivity contribution in [3.8, 4) is 21.7 Å². The molecule has 0 spiro atoms. The van der Waals surface area contributed by atoms with Crippen LogP contribution >= 0.6 is 11.3 Å². The maximum atomic E-state index is 15.6. The quantitative estimate of drug-likeness (QED) is 0.147. The van der Waals surface area contributed by atoms with Crippen molar-refractivity contribution >= 4 is 33.5 Å². The molecule has 4 aromatic heterocycles. The second kappa shape index (κ2) is 13.2. The number of nitrogens with two attached hydrogens (primary N) is 1. The summed E-state index contributed by atoms with van der Waals surface area (Å²) < 4.78 is 118. The highest BCUT2D eigenvalue weighted by Crippen LogP contribution is 2.64. The molecule has 1 saturated carbocycles. The molecule has 3 atom stereocenters. The van der Waals surface area contributed by atoms with Crippen molar-refractivity contribution in [2.24, 2.45) is 11.7 Å². The summed E-state index contributed by atoms with van der Waals surface area (Å²) in [4.78, 5) is 43.2. The minimum atomic E-state index is -5.08. The molecule has 8 rings (SSSR count). The Morgan fingerprint density at radius 2 is 1.71 bits per heavy atom. The number of hydrogen-bond acceptors (Lipinski definition) is 8. The van der Waals surface area contributed by atoms with Gasteiger partial charge in [0.2, 0.25) is 5.91 Å². The van der Waals surface area contributed by atoms with Crippen molar-refractivity contribution in [2.75, 3.05) is 0 Å². The van der Waals surface area contributed by atoms with E-state index in [1.165, 1.54) is 24.8 Å². The first kappa shape index (κ1) is 36.1. The first-order valence-corrected chi connectivity index (χ1v) is 17.4. The van der Waals surface area contributed by atoms with E-state index in [9.17, 15) is 35.9 Å². The second-order valence-electron chi connectivity index (χ2n) is 13.2. The number of hydrogen-bond donors (Lipinski definition) is 2. The highest BCUT2D eigenvalue weighted by Gasteiger charge is 2.63. The fraction of sp³-hybridized carbons (Fsp3) is 0.250. The number of halogens is 8. The number of carbonyl (C=O) groups is 2. The third-order valence-corrected chi connectivity index (χ3v) is 10.8. The number of fused-ring (bicyclic) bond motifs is 4. The Kier molecular flexibility index (Phi) is 8.66. The van der Waals surface area contributed by atoms with Gasteiger partial charge in [-0.25, -0.2) is 33.1 Å². The van der Waals surface area contributed by atoms with E-state index in [0.717, 1.165) is 35.6 Å². The molecule has 0 radical (unpaired) electrons. The van der Waals surface area contributed by atoms with Crippen LogP contribution in [0, 0.1) is 23.4 Å². The Morgan fingerprint density at radius 3 is 2.36 bits per heavy atom. The second-order valence-corrected chi connectivity index (χ2v) is 14.3. The molecule has 19 heteroatoms. The zero-order chi connectivity index (χ0) is 39.0. The van der Waals surface area contributed by atoms with Gasteiger partial charge in [0.05, 0.1) is 22.0 Å². The number of nitrogens with zero attached hydrogens (tertiary/aromatic N) is 6. The number of benzene rings is 2. The summed E-state index contributed by atoms with van der Waals surface area (Å²) in [5.74, 6) is -11.2. The standard InChI is InChI=1S/C36H24F8N8O2S/c37-18-5-15(6-19(38)9-18)7-25(48-27(53)13-52-31-28(30(51-52)36(42,43)44)20-2-3-23(20)35(31,40)41)29-21(16-1-4-24(39)22(8-16)32(45)54)10-26-33(49-29)50-34(55-26)17-11-46-14-47-12-17/h1,4-6,8-12,14,20,23,25H,2-3,7,13H2,(H2,45,54)(H,48,53)/t20-,23+,25-/m0/s1. The monoisotopic (exact) mass is 784 g/mol. The van der Waals surface area contributed by atoms with Crippen LogP contribution in [0.25, 0.3) is 32.0 Å². The van der Waals surface area contributed by atoms with Gasteiger partial charge in [-0.05, 0) is 66.6 Å². The van der Waals surface area contributed by atoms with Crippen LogP contribution in [0.2, 0.25) is 0 Å². The lowest BCUT2D eigenvalue weighted by molar-refractivity contribution is -0.144. The molecule has 2 aliphatic carbocycles. The van der Waals surface area contributed by atoms with E-state index in [1.54, 1.807) is 6.07 Å². The maximum Gasteiger partial charge on any atom is 0.435 e. The predicted molar refractivity (Wildman–Crippen MR) is 180 cm³/mol. The number of amides is 2. The van der Waals surface area contributed by atoms with Crippen molar-refractivity contribution in [3.63, 3.8) is 0 Å². The van der Waals surface area contributed by atoms with Crippen LogP contribution in [0.15, 0.2) is 61.2 Å². The minimum absolute atomic E-state index is 0.00423. The van der Waals surface area contributed by atoms with Crippen LogP contribution in [0.1, 0.15) is 63.4 Å². The van der Waals surface area contributed by atoms with Crippen molar-refractivity contribution < 1.29 is 44.7 Å². The Balaban J connectivity index is 1.26. The summed E-state index contributed by atoms with van der Waals surface area (Å²) in [7, 11) is 0. The number of pyridine rings is 1. The lowest BCUT2D eigenvalue weighted by Gasteiger charge is -2.34. The zero-order valence-electron chi connectivity index (χ0n) is 27.8. The van der Waals surface area contributed by atoms with E-state index in [2.05, 4.69) is 25.4 Å². The first-order chi connectivity index (χ1) is 26.1. The number of carbonyl (C=O) groups excluding carboxylic acids is 2. The molecule has 0 saturated heterocycles. The number of alkyl halides is 5. The highest BCUT2D eigenvalue weighted by molar-refractivity contribution is 7.21. The number of thiazole rings is 1. The summed E-state index contributed by atoms with van der Waals surface area (Å²) in [5.41, 5.74) is 2.72. The van der Waals surface area contributed by atoms with E-state index in [-0.39, 0.29) is 40.9 Å². The Labute approximate surface area is 308 Å². The van der Waals surface area contributed by atoms with Gasteiger partial charge in [0.15, 0.2) is 11.3 Å². The Morgan fingerprint density at radius 1 is 0.982 bits per heavy atom. The third-order valence-electron chi connectivity index (χ3n) is 9.77. The van der Waals surface area contributed by atoms with Gasteiger partial charge >= 0.3 is 6.18 Å². The van der Waals surface area contributed by atoms with Crippen molar-refractivity contribution in [2.45, 2.75) is 49.9 Å². The number of primary amides is 1. The molecule has 6 aromatic rings. The van der Waals surface area contributed by atoms with Gasteiger partial charge in [-0.2, -0.15) is 27.1 Å². The topological polar surface area (TPSA) is 142 Å². The van der Waals surface area contributed by atoms with Gasteiger partial charge in [0.25, 0.3) is 11.8 Å². The molecule has 3 N–H and O–H groups in total. The fourth-order valence-corrected chi connectivity index (χ4v) is 8.23. The van der Waals surface area contributed by atoms with E-state index >= 15 is 8.78 Å². The molecule has 2 aromatic carbocycles. The van der Waals surface area contributed by atoms with Crippen LogP contribution in [-0.4, -0.2) is 41.5 Å². The SMILES string of the molecule is NC(=O)c1cc(-c2cc3sc(-c4cncnc4)nc3nc2[C@H](Cc2cc(F)cc(F)c2)NC(=O)Cn2nc(C(F)(F)F)c3c2C(F)(F)[C@@H]2CC[C@H]32)ccc1F. The number of rotatable bonds is 9. The Hall–Kier alpha value is -5.85. The van der Waals surface area contributed by atoms with E-state index in [0.29, 0.717) is 26.0 Å². The van der Waals surface area contributed by atoms with Gasteiger partial charge in [0.1, 0.15) is 41.0 Å². The summed E-state index contributed by atoms with van der Waals surface area (Å²) in [5, 5.41) is 6.46. The summed E-state index contributed by atoms with van der Waals surface area (Å²) in [6.07, 6.45) is -1.07. The van der Waals surface area contributed by atoms with Crippen molar-refractivity contribution in [3.05, 3.63) is 112 Å². The molecule has 55 heavy (non-hydrogen) atoms. The summed E-state index contributed by atoms with van der Waals surface area (Å²) >= 11 is 1.16. The molecule has 4 heterocycles. The first-order valence-electron chi connectivity index (χ1n) is 16.6.